The van der Waals surface area contributed by atoms with E-state index >= 15 is 0 Å². The zero-order valence-corrected chi connectivity index (χ0v) is 10.8. The highest BCUT2D eigenvalue weighted by Gasteiger charge is 2.31. The van der Waals surface area contributed by atoms with Crippen LogP contribution in [0.25, 0.3) is 0 Å². The molecule has 1 aromatic rings. The van der Waals surface area contributed by atoms with Gasteiger partial charge in [-0.05, 0) is 25.5 Å². The molecule has 1 fully saturated rings. The van der Waals surface area contributed by atoms with Gasteiger partial charge in [0, 0.05) is 18.4 Å². The minimum absolute atomic E-state index is 0.194. The molecule has 2 rings (SSSR count). The Balaban J connectivity index is 2.03. The molecule has 5 nitrogen and oxygen atoms in total. The third kappa shape index (κ3) is 3.53. The van der Waals surface area contributed by atoms with E-state index in [0.717, 1.165) is 6.42 Å². The van der Waals surface area contributed by atoms with E-state index in [1.54, 1.807) is 12.1 Å². The summed E-state index contributed by atoms with van der Waals surface area (Å²) in [5.74, 6) is 5.04. The van der Waals surface area contributed by atoms with E-state index in [0.29, 0.717) is 24.5 Å². The number of carbonyl (C=O) groups is 1. The normalized spacial score (nSPS) is 21.6. The predicted molar refractivity (Wildman–Crippen MR) is 69.5 cm³/mol. The van der Waals surface area contributed by atoms with Crippen molar-refractivity contribution >= 4 is 5.91 Å². The fourth-order valence-corrected chi connectivity index (χ4v) is 1.85. The van der Waals surface area contributed by atoms with Crippen LogP contribution in [0.5, 0.6) is 0 Å². The van der Waals surface area contributed by atoms with E-state index in [2.05, 4.69) is 22.1 Å². The van der Waals surface area contributed by atoms with Crippen molar-refractivity contribution in [3.05, 3.63) is 29.6 Å². The second kappa shape index (κ2) is 5.83. The fraction of sp³-hybridized carbons (Fsp3) is 0.429. The van der Waals surface area contributed by atoms with Crippen LogP contribution in [0, 0.1) is 11.8 Å². The Morgan fingerprint density at radius 3 is 3.05 bits per heavy atom. The second-order valence-corrected chi connectivity index (χ2v) is 4.71. The molecule has 2 heterocycles. The van der Waals surface area contributed by atoms with Crippen LogP contribution in [0.1, 0.15) is 29.4 Å². The molecule has 2 N–H and O–H groups in total. The molecule has 19 heavy (non-hydrogen) atoms. The molecule has 100 valence electrons. The van der Waals surface area contributed by atoms with Crippen molar-refractivity contribution < 1.29 is 14.6 Å². The molecular weight excluding hydrogens is 244 g/mol. The summed E-state index contributed by atoms with van der Waals surface area (Å²) in [5.41, 5.74) is 0.706. The Bertz CT molecular complexity index is 508. The van der Waals surface area contributed by atoms with Crippen molar-refractivity contribution in [1.29, 1.82) is 0 Å². The number of amides is 1. The Morgan fingerprint density at radius 2 is 2.47 bits per heavy atom. The molecule has 0 radical (unpaired) electrons. The van der Waals surface area contributed by atoms with E-state index < -0.39 is 0 Å². The van der Waals surface area contributed by atoms with E-state index in [1.165, 1.54) is 6.20 Å². The van der Waals surface area contributed by atoms with Crippen LogP contribution in [0.2, 0.25) is 0 Å². The maximum Gasteiger partial charge on any atom is 0.270 e. The molecule has 5 heteroatoms. The van der Waals surface area contributed by atoms with Crippen LogP contribution in [-0.2, 0) is 4.74 Å². The molecule has 0 aliphatic carbocycles. The van der Waals surface area contributed by atoms with Crippen LogP contribution < -0.4 is 5.32 Å². The smallest absolute Gasteiger partial charge is 0.270 e. The van der Waals surface area contributed by atoms with Crippen LogP contribution in [0.4, 0.5) is 0 Å². The van der Waals surface area contributed by atoms with Gasteiger partial charge in [-0.2, -0.15) is 0 Å². The van der Waals surface area contributed by atoms with Crippen molar-refractivity contribution in [2.75, 3.05) is 19.8 Å². The Labute approximate surface area is 112 Å². The molecule has 1 aliphatic rings. The largest absolute Gasteiger partial charge is 0.384 e. The lowest BCUT2D eigenvalue weighted by atomic mass is 10.0. The maximum absolute atomic E-state index is 12.0. The minimum atomic E-state index is -0.311. The topological polar surface area (TPSA) is 71.5 Å². The van der Waals surface area contributed by atoms with Gasteiger partial charge >= 0.3 is 0 Å². The van der Waals surface area contributed by atoms with Gasteiger partial charge in [-0.25, -0.2) is 4.98 Å². The van der Waals surface area contributed by atoms with E-state index in [-0.39, 0.29) is 18.1 Å². The van der Waals surface area contributed by atoms with Crippen molar-refractivity contribution in [3.8, 4) is 11.8 Å². The monoisotopic (exact) mass is 260 g/mol. The zero-order valence-electron chi connectivity index (χ0n) is 10.8. The summed E-state index contributed by atoms with van der Waals surface area (Å²) in [7, 11) is 0. The van der Waals surface area contributed by atoms with Crippen LogP contribution in [0.3, 0.4) is 0 Å². The molecule has 1 amide bonds. The maximum atomic E-state index is 12.0. The summed E-state index contributed by atoms with van der Waals surface area (Å²) < 4.78 is 5.28. The third-order valence-electron chi connectivity index (χ3n) is 2.94. The van der Waals surface area contributed by atoms with Crippen molar-refractivity contribution in [2.24, 2.45) is 0 Å². The highest BCUT2D eigenvalue weighted by atomic mass is 16.5. The van der Waals surface area contributed by atoms with Crippen molar-refractivity contribution in [3.63, 3.8) is 0 Å². The molecular formula is C14H16N2O3. The first-order valence-electron chi connectivity index (χ1n) is 6.09. The van der Waals surface area contributed by atoms with Crippen LogP contribution >= 0.6 is 0 Å². The molecule has 0 spiro atoms. The molecule has 0 bridgehead atoms. The highest BCUT2D eigenvalue weighted by molar-refractivity contribution is 5.92. The molecule has 0 saturated carbocycles. The predicted octanol–water partition coefficient (Wildman–Crippen LogP) is 0.334. The van der Waals surface area contributed by atoms with Gasteiger partial charge < -0.3 is 15.2 Å². The Hall–Kier alpha value is -1.90. The first-order chi connectivity index (χ1) is 9.13. The van der Waals surface area contributed by atoms with E-state index in [1.807, 2.05) is 6.92 Å². The average Bonchev–Trinajstić information content (AvgIpc) is 2.83. The van der Waals surface area contributed by atoms with E-state index in [4.69, 9.17) is 9.84 Å². The van der Waals surface area contributed by atoms with Gasteiger partial charge in [0.1, 0.15) is 12.3 Å². The van der Waals surface area contributed by atoms with E-state index in [9.17, 15) is 4.79 Å². The summed E-state index contributed by atoms with van der Waals surface area (Å²) in [4.78, 5) is 16.1. The van der Waals surface area contributed by atoms with Gasteiger partial charge in [-0.15, -0.1) is 0 Å². The number of aliphatic hydroxyl groups excluding tert-OH is 1. The quantitative estimate of drug-likeness (QED) is 0.752. The van der Waals surface area contributed by atoms with Gasteiger partial charge in [0.25, 0.3) is 5.91 Å². The number of ether oxygens (including phenoxy) is 1. The molecule has 1 saturated heterocycles. The molecule has 0 aromatic carbocycles. The molecule has 1 aliphatic heterocycles. The van der Waals surface area contributed by atoms with Crippen LogP contribution in [-0.4, -0.2) is 41.4 Å². The number of nitrogens with zero attached hydrogens (tertiary/aromatic N) is 1. The van der Waals surface area contributed by atoms with Gasteiger partial charge in [0.2, 0.25) is 0 Å². The van der Waals surface area contributed by atoms with Gasteiger partial charge in [-0.3, -0.25) is 4.79 Å². The summed E-state index contributed by atoms with van der Waals surface area (Å²) >= 11 is 0. The number of aromatic nitrogens is 1. The zero-order chi connectivity index (χ0) is 13.7. The number of hydrogen-bond donors (Lipinski definition) is 2. The first-order valence-corrected chi connectivity index (χ1v) is 6.09. The van der Waals surface area contributed by atoms with Crippen LogP contribution in [0.15, 0.2) is 18.3 Å². The lowest BCUT2D eigenvalue weighted by Crippen LogP contribution is -2.46. The lowest BCUT2D eigenvalue weighted by molar-refractivity contribution is 0.0885. The summed E-state index contributed by atoms with van der Waals surface area (Å²) in [6, 6.07) is 3.33. The van der Waals surface area contributed by atoms with Gasteiger partial charge in [0.05, 0.1) is 12.1 Å². The van der Waals surface area contributed by atoms with Gasteiger partial charge in [0.15, 0.2) is 0 Å². The average molecular weight is 260 g/mol. The summed E-state index contributed by atoms with van der Waals surface area (Å²) in [6.45, 7) is 2.96. The second-order valence-electron chi connectivity index (χ2n) is 4.71. The Kier molecular flexibility index (Phi) is 4.15. The highest BCUT2D eigenvalue weighted by Crippen LogP contribution is 2.17. The molecule has 1 aromatic heterocycles. The lowest BCUT2D eigenvalue weighted by Gasteiger charge is -2.23. The number of aliphatic hydroxyl groups is 1. The minimum Gasteiger partial charge on any atom is -0.384 e. The van der Waals surface area contributed by atoms with Crippen molar-refractivity contribution in [1.82, 2.24) is 10.3 Å². The number of carbonyl (C=O) groups excluding carboxylic acids is 1. The standard InChI is InChI=1S/C14H16N2O3/c1-14(6-8-19-10-14)16-13(18)12-5-4-11(9-15-12)3-2-7-17/h4-5,9,17H,6-8,10H2,1H3,(H,16,18). The summed E-state index contributed by atoms with van der Waals surface area (Å²) in [6.07, 6.45) is 2.32. The van der Waals surface area contributed by atoms with Crippen molar-refractivity contribution in [2.45, 2.75) is 18.9 Å². The molecule has 1 unspecified atom stereocenters. The third-order valence-corrected chi connectivity index (χ3v) is 2.94. The Morgan fingerprint density at radius 1 is 1.63 bits per heavy atom. The number of hydrogen-bond acceptors (Lipinski definition) is 4. The number of nitrogens with one attached hydrogen (secondary N) is 1. The molecule has 1 atom stereocenters. The summed E-state index contributed by atoms with van der Waals surface area (Å²) in [5, 5.41) is 11.5. The number of pyridine rings is 1. The van der Waals surface area contributed by atoms with Gasteiger partial charge in [-0.1, -0.05) is 11.8 Å². The first kappa shape index (κ1) is 13.5. The number of rotatable bonds is 2. The SMILES string of the molecule is CC1(NC(=O)c2ccc(C#CCO)cn2)CCOC1. The fourth-order valence-electron chi connectivity index (χ4n) is 1.85.